The number of anilines is 2. The molecule has 0 radical (unpaired) electrons. The van der Waals surface area contributed by atoms with Crippen LogP contribution in [0.25, 0.3) is 10.2 Å². The third-order valence-electron chi connectivity index (χ3n) is 4.15. The van der Waals surface area contributed by atoms with Crippen molar-refractivity contribution in [2.45, 2.75) is 45.4 Å². The molecular formula is C16H24N4S. The van der Waals surface area contributed by atoms with E-state index in [9.17, 15) is 0 Å². The Morgan fingerprint density at radius 2 is 1.86 bits per heavy atom. The zero-order valence-electron chi connectivity index (χ0n) is 13.0. The van der Waals surface area contributed by atoms with Crippen molar-refractivity contribution in [3.05, 3.63) is 10.9 Å². The van der Waals surface area contributed by atoms with Crippen LogP contribution in [-0.2, 0) is 6.42 Å². The van der Waals surface area contributed by atoms with Crippen LogP contribution in [-0.4, -0.2) is 30.1 Å². The molecule has 0 atom stereocenters. The second kappa shape index (κ2) is 6.60. The van der Waals surface area contributed by atoms with E-state index < -0.39 is 0 Å². The molecule has 3 rings (SSSR count). The van der Waals surface area contributed by atoms with Crippen LogP contribution >= 0.6 is 11.3 Å². The summed E-state index contributed by atoms with van der Waals surface area (Å²) < 4.78 is 0. The first-order chi connectivity index (χ1) is 10.3. The predicted octanol–water partition coefficient (Wildman–Crippen LogP) is 4.07. The summed E-state index contributed by atoms with van der Waals surface area (Å²) in [5.74, 6) is 1.87. The summed E-state index contributed by atoms with van der Waals surface area (Å²) >= 11 is 1.80. The first-order valence-electron chi connectivity index (χ1n) is 8.05. The molecular weight excluding hydrogens is 280 g/mol. The summed E-state index contributed by atoms with van der Waals surface area (Å²) in [6.07, 6.45) is 7.67. The van der Waals surface area contributed by atoms with Crippen LogP contribution in [0.15, 0.2) is 6.07 Å². The van der Waals surface area contributed by atoms with Crippen LogP contribution in [0.4, 0.5) is 11.8 Å². The molecule has 0 spiro atoms. The Morgan fingerprint density at radius 3 is 2.52 bits per heavy atom. The van der Waals surface area contributed by atoms with E-state index in [1.54, 1.807) is 11.3 Å². The van der Waals surface area contributed by atoms with Gasteiger partial charge in [0.1, 0.15) is 10.6 Å². The Hall–Kier alpha value is -1.36. The molecule has 3 heterocycles. The molecule has 0 aromatic carbocycles. The monoisotopic (exact) mass is 304 g/mol. The maximum atomic E-state index is 4.77. The Labute approximate surface area is 130 Å². The van der Waals surface area contributed by atoms with Gasteiger partial charge in [-0.25, -0.2) is 4.98 Å². The van der Waals surface area contributed by atoms with Gasteiger partial charge >= 0.3 is 0 Å². The van der Waals surface area contributed by atoms with Gasteiger partial charge in [0, 0.05) is 25.0 Å². The summed E-state index contributed by atoms with van der Waals surface area (Å²) in [7, 11) is 1.90. The number of aromatic nitrogens is 2. The molecule has 0 saturated carbocycles. The van der Waals surface area contributed by atoms with E-state index in [0.717, 1.165) is 36.1 Å². The van der Waals surface area contributed by atoms with Crippen molar-refractivity contribution >= 4 is 33.3 Å². The fraction of sp³-hybridized carbons (Fsp3) is 0.625. The predicted molar refractivity (Wildman–Crippen MR) is 91.6 cm³/mol. The average Bonchev–Trinajstić information content (AvgIpc) is 2.89. The number of hydrogen-bond acceptors (Lipinski definition) is 5. The van der Waals surface area contributed by atoms with Gasteiger partial charge in [0.25, 0.3) is 0 Å². The summed E-state index contributed by atoms with van der Waals surface area (Å²) in [5.41, 5.74) is 0. The first kappa shape index (κ1) is 14.6. The summed E-state index contributed by atoms with van der Waals surface area (Å²) in [4.78, 5) is 14.4. The van der Waals surface area contributed by atoms with Crippen molar-refractivity contribution in [3.63, 3.8) is 0 Å². The number of nitrogens with one attached hydrogen (secondary N) is 1. The van der Waals surface area contributed by atoms with Gasteiger partial charge in [-0.05, 0) is 25.3 Å². The van der Waals surface area contributed by atoms with E-state index >= 15 is 0 Å². The van der Waals surface area contributed by atoms with Crippen LogP contribution in [0.5, 0.6) is 0 Å². The Kier molecular flexibility index (Phi) is 4.58. The number of aryl methyl sites for hydroxylation is 1. The number of fused-ring (bicyclic) bond motifs is 1. The highest BCUT2D eigenvalue weighted by Gasteiger charge is 2.17. The molecule has 2 aromatic rings. The minimum absolute atomic E-state index is 0.740. The molecule has 1 fully saturated rings. The maximum Gasteiger partial charge on any atom is 0.225 e. The van der Waals surface area contributed by atoms with Crippen molar-refractivity contribution in [3.8, 4) is 0 Å². The Morgan fingerprint density at radius 1 is 1.14 bits per heavy atom. The van der Waals surface area contributed by atoms with E-state index in [2.05, 4.69) is 28.2 Å². The van der Waals surface area contributed by atoms with E-state index in [4.69, 9.17) is 4.98 Å². The van der Waals surface area contributed by atoms with Crippen molar-refractivity contribution in [2.75, 3.05) is 30.4 Å². The highest BCUT2D eigenvalue weighted by molar-refractivity contribution is 7.18. The van der Waals surface area contributed by atoms with Crippen LogP contribution in [0, 0.1) is 0 Å². The largest absolute Gasteiger partial charge is 0.357 e. The van der Waals surface area contributed by atoms with Gasteiger partial charge in [-0.3, -0.25) is 0 Å². The van der Waals surface area contributed by atoms with Crippen molar-refractivity contribution in [1.82, 2.24) is 9.97 Å². The molecule has 114 valence electrons. The van der Waals surface area contributed by atoms with Crippen molar-refractivity contribution in [2.24, 2.45) is 0 Å². The van der Waals surface area contributed by atoms with Crippen LogP contribution in [0.2, 0.25) is 0 Å². The zero-order chi connectivity index (χ0) is 14.7. The van der Waals surface area contributed by atoms with Crippen LogP contribution in [0.3, 0.4) is 0 Å². The molecule has 5 heteroatoms. The molecule has 1 aliphatic rings. The second-order valence-corrected chi connectivity index (χ2v) is 6.78. The van der Waals surface area contributed by atoms with Gasteiger partial charge in [0.2, 0.25) is 5.95 Å². The van der Waals surface area contributed by atoms with E-state index in [0.29, 0.717) is 0 Å². The smallest absolute Gasteiger partial charge is 0.225 e. The molecule has 1 N–H and O–H groups in total. The first-order valence-corrected chi connectivity index (χ1v) is 8.86. The highest BCUT2D eigenvalue weighted by atomic mass is 32.1. The topological polar surface area (TPSA) is 41.1 Å². The SMILES string of the molecule is CCc1cc2c(N3CCCCCCC3)nc(NC)nc2s1. The quantitative estimate of drug-likeness (QED) is 0.928. The van der Waals surface area contributed by atoms with E-state index in [1.807, 2.05) is 7.05 Å². The van der Waals surface area contributed by atoms with Gasteiger partial charge in [-0.15, -0.1) is 11.3 Å². The molecule has 1 saturated heterocycles. The van der Waals surface area contributed by atoms with E-state index in [-0.39, 0.29) is 0 Å². The van der Waals surface area contributed by atoms with Crippen molar-refractivity contribution < 1.29 is 0 Å². The molecule has 21 heavy (non-hydrogen) atoms. The number of thiophene rings is 1. The van der Waals surface area contributed by atoms with Gasteiger partial charge in [0.15, 0.2) is 0 Å². The zero-order valence-corrected chi connectivity index (χ0v) is 13.8. The number of hydrogen-bond donors (Lipinski definition) is 1. The summed E-state index contributed by atoms with van der Waals surface area (Å²) in [6, 6.07) is 2.29. The number of rotatable bonds is 3. The lowest BCUT2D eigenvalue weighted by Gasteiger charge is -2.26. The lowest BCUT2D eigenvalue weighted by atomic mass is 10.1. The van der Waals surface area contributed by atoms with Gasteiger partial charge in [-0.1, -0.05) is 26.2 Å². The molecule has 0 amide bonds. The third-order valence-corrected chi connectivity index (χ3v) is 5.32. The molecule has 0 unspecified atom stereocenters. The standard InChI is InChI=1S/C16H24N4S/c1-3-12-11-13-14(18-16(17-2)19-15(13)21-12)20-9-7-5-4-6-8-10-20/h11H,3-10H2,1-2H3,(H,17,18,19). The average molecular weight is 304 g/mol. The molecule has 0 aliphatic carbocycles. The number of nitrogens with zero attached hydrogens (tertiary/aromatic N) is 3. The fourth-order valence-electron chi connectivity index (χ4n) is 2.94. The highest BCUT2D eigenvalue weighted by Crippen LogP contribution is 2.33. The third kappa shape index (κ3) is 3.12. The Bertz CT molecular complexity index is 600. The lowest BCUT2D eigenvalue weighted by molar-refractivity contribution is 0.554. The normalized spacial score (nSPS) is 16.8. The van der Waals surface area contributed by atoms with E-state index in [1.165, 1.54) is 42.4 Å². The lowest BCUT2D eigenvalue weighted by Crippen LogP contribution is -2.28. The van der Waals surface area contributed by atoms with Crippen molar-refractivity contribution in [1.29, 1.82) is 0 Å². The van der Waals surface area contributed by atoms with Gasteiger partial charge in [0.05, 0.1) is 5.39 Å². The van der Waals surface area contributed by atoms with Crippen LogP contribution < -0.4 is 10.2 Å². The summed E-state index contributed by atoms with van der Waals surface area (Å²) in [5, 5.41) is 4.34. The Balaban J connectivity index is 2.03. The molecule has 2 aromatic heterocycles. The minimum Gasteiger partial charge on any atom is -0.357 e. The van der Waals surface area contributed by atoms with Crippen LogP contribution in [0.1, 0.15) is 43.9 Å². The van der Waals surface area contributed by atoms with Gasteiger partial charge < -0.3 is 10.2 Å². The molecule has 4 nitrogen and oxygen atoms in total. The molecule has 1 aliphatic heterocycles. The van der Waals surface area contributed by atoms with Gasteiger partial charge in [-0.2, -0.15) is 4.98 Å². The fourth-order valence-corrected chi connectivity index (χ4v) is 3.90. The maximum absolute atomic E-state index is 4.77. The second-order valence-electron chi connectivity index (χ2n) is 5.66. The minimum atomic E-state index is 0.740. The summed E-state index contributed by atoms with van der Waals surface area (Å²) in [6.45, 7) is 4.44. The molecule has 0 bridgehead atoms.